The Morgan fingerprint density at radius 3 is 2.90 bits per heavy atom. The van der Waals surface area contributed by atoms with Crippen molar-refractivity contribution < 1.29 is 0 Å². The summed E-state index contributed by atoms with van der Waals surface area (Å²) in [4.78, 5) is 11.0. The van der Waals surface area contributed by atoms with E-state index < -0.39 is 0 Å². The molecule has 0 amide bonds. The first kappa shape index (κ1) is 13.1. The number of anilines is 1. The zero-order chi connectivity index (χ0) is 14.1. The van der Waals surface area contributed by atoms with Gasteiger partial charge in [0.15, 0.2) is 0 Å². The second-order valence-electron chi connectivity index (χ2n) is 4.73. The molecule has 0 aliphatic heterocycles. The van der Waals surface area contributed by atoms with Crippen molar-refractivity contribution in [1.29, 1.82) is 0 Å². The van der Waals surface area contributed by atoms with Gasteiger partial charge in [-0.25, -0.2) is 0 Å². The highest BCUT2D eigenvalue weighted by Crippen LogP contribution is 2.25. The summed E-state index contributed by atoms with van der Waals surface area (Å²) >= 11 is 3.42. The van der Waals surface area contributed by atoms with Crippen molar-refractivity contribution in [3.8, 4) is 0 Å². The van der Waals surface area contributed by atoms with Gasteiger partial charge in [-0.1, -0.05) is 0 Å². The van der Waals surface area contributed by atoms with Crippen molar-refractivity contribution in [1.82, 2.24) is 19.7 Å². The highest BCUT2D eigenvalue weighted by molar-refractivity contribution is 9.10. The average molecular weight is 332 g/mol. The molecule has 6 heteroatoms. The first-order valence-electron chi connectivity index (χ1n) is 6.22. The minimum atomic E-state index is 0.782. The third-order valence-corrected chi connectivity index (χ3v) is 3.55. The summed E-state index contributed by atoms with van der Waals surface area (Å²) in [7, 11) is 3.97. The largest absolute Gasteiger partial charge is 0.368 e. The van der Waals surface area contributed by atoms with Crippen molar-refractivity contribution in [2.24, 2.45) is 7.05 Å². The van der Waals surface area contributed by atoms with Crippen LogP contribution >= 0.6 is 15.9 Å². The number of nitrogens with zero attached hydrogens (tertiary/aromatic N) is 5. The molecule has 0 saturated carbocycles. The lowest BCUT2D eigenvalue weighted by molar-refractivity contribution is 0.766. The van der Waals surface area contributed by atoms with Gasteiger partial charge in [-0.15, -0.1) is 0 Å². The lowest BCUT2D eigenvalue weighted by Crippen LogP contribution is -2.16. The summed E-state index contributed by atoms with van der Waals surface area (Å²) < 4.78 is 2.74. The van der Waals surface area contributed by atoms with Crippen LogP contribution in [0.25, 0.3) is 11.0 Å². The first-order chi connectivity index (χ1) is 9.63. The van der Waals surface area contributed by atoms with E-state index in [9.17, 15) is 0 Å². The van der Waals surface area contributed by atoms with Crippen molar-refractivity contribution in [2.75, 3.05) is 11.9 Å². The zero-order valence-electron chi connectivity index (χ0n) is 11.3. The SMILES string of the molecule is CN(Cc1cnn(C)c1)c1ccnc2cc(Br)cnc12. The molecule has 3 aromatic rings. The molecule has 0 aliphatic carbocycles. The Bertz CT molecular complexity index is 752. The second kappa shape index (κ2) is 5.20. The summed E-state index contributed by atoms with van der Waals surface area (Å²) in [5.74, 6) is 0. The monoisotopic (exact) mass is 331 g/mol. The molecular formula is C14H14BrN5. The van der Waals surface area contributed by atoms with E-state index >= 15 is 0 Å². The minimum Gasteiger partial charge on any atom is -0.368 e. The molecule has 0 atom stereocenters. The van der Waals surface area contributed by atoms with E-state index in [1.807, 2.05) is 49.5 Å². The van der Waals surface area contributed by atoms with Gasteiger partial charge in [-0.3, -0.25) is 14.6 Å². The molecule has 0 saturated heterocycles. The normalized spacial score (nSPS) is 10.9. The number of rotatable bonds is 3. The molecule has 3 aromatic heterocycles. The molecule has 0 unspecified atom stereocenters. The number of fused-ring (bicyclic) bond motifs is 1. The van der Waals surface area contributed by atoms with Gasteiger partial charge in [0.25, 0.3) is 0 Å². The molecule has 0 aliphatic rings. The van der Waals surface area contributed by atoms with Crippen LogP contribution in [0, 0.1) is 0 Å². The van der Waals surface area contributed by atoms with Gasteiger partial charge in [0, 0.05) is 49.3 Å². The Morgan fingerprint density at radius 2 is 2.15 bits per heavy atom. The van der Waals surface area contributed by atoms with E-state index in [1.54, 1.807) is 6.20 Å². The predicted molar refractivity (Wildman–Crippen MR) is 82.6 cm³/mol. The van der Waals surface area contributed by atoms with Crippen LogP contribution in [0.15, 0.2) is 41.4 Å². The van der Waals surface area contributed by atoms with Crippen molar-refractivity contribution in [2.45, 2.75) is 6.54 Å². The van der Waals surface area contributed by atoms with E-state index in [0.29, 0.717) is 0 Å². The minimum absolute atomic E-state index is 0.782. The fourth-order valence-electron chi connectivity index (χ4n) is 2.21. The van der Waals surface area contributed by atoms with Crippen molar-refractivity contribution >= 4 is 32.7 Å². The molecule has 0 N–H and O–H groups in total. The number of aryl methyl sites for hydroxylation is 1. The molecule has 3 rings (SSSR count). The Labute approximate surface area is 125 Å². The van der Waals surface area contributed by atoms with Crippen LogP contribution in [0.2, 0.25) is 0 Å². The molecule has 0 radical (unpaired) electrons. The van der Waals surface area contributed by atoms with E-state index in [0.717, 1.165) is 33.3 Å². The molecule has 5 nitrogen and oxygen atoms in total. The fourth-order valence-corrected chi connectivity index (χ4v) is 2.53. The smallest absolute Gasteiger partial charge is 0.112 e. The summed E-state index contributed by atoms with van der Waals surface area (Å²) in [6.07, 6.45) is 7.50. The summed E-state index contributed by atoms with van der Waals surface area (Å²) in [6.45, 7) is 0.782. The highest BCUT2D eigenvalue weighted by Gasteiger charge is 2.09. The summed E-state index contributed by atoms with van der Waals surface area (Å²) in [6, 6.07) is 3.96. The van der Waals surface area contributed by atoms with Gasteiger partial charge in [0.2, 0.25) is 0 Å². The van der Waals surface area contributed by atoms with Crippen LogP contribution in [0.5, 0.6) is 0 Å². The van der Waals surface area contributed by atoms with E-state index in [2.05, 4.69) is 35.9 Å². The standard InChI is InChI=1S/C14H14BrN5/c1-19(8-10-6-18-20(2)9-10)13-3-4-16-12-5-11(15)7-17-14(12)13/h3-7,9H,8H2,1-2H3. The number of hydrogen-bond donors (Lipinski definition) is 0. The van der Waals surface area contributed by atoms with Crippen LogP contribution in [0.3, 0.4) is 0 Å². The molecule has 0 fully saturated rings. The maximum atomic E-state index is 4.48. The van der Waals surface area contributed by atoms with Gasteiger partial charge in [-0.05, 0) is 28.1 Å². The second-order valence-corrected chi connectivity index (χ2v) is 5.65. The molecule has 0 bridgehead atoms. The van der Waals surface area contributed by atoms with E-state index in [1.165, 1.54) is 0 Å². The van der Waals surface area contributed by atoms with E-state index in [4.69, 9.17) is 0 Å². The van der Waals surface area contributed by atoms with Crippen molar-refractivity contribution in [3.05, 3.63) is 47.0 Å². The van der Waals surface area contributed by atoms with Gasteiger partial charge < -0.3 is 4.90 Å². The van der Waals surface area contributed by atoms with Gasteiger partial charge in [-0.2, -0.15) is 5.10 Å². The lowest BCUT2D eigenvalue weighted by atomic mass is 10.2. The lowest BCUT2D eigenvalue weighted by Gasteiger charge is -2.19. The summed E-state index contributed by atoms with van der Waals surface area (Å²) in [5, 5.41) is 4.19. The highest BCUT2D eigenvalue weighted by atomic mass is 79.9. The first-order valence-corrected chi connectivity index (χ1v) is 7.02. The van der Waals surface area contributed by atoms with Crippen LogP contribution in [-0.2, 0) is 13.6 Å². The fraction of sp³-hybridized carbons (Fsp3) is 0.214. The Kier molecular flexibility index (Phi) is 3.40. The van der Waals surface area contributed by atoms with Gasteiger partial charge >= 0.3 is 0 Å². The third-order valence-electron chi connectivity index (χ3n) is 3.11. The van der Waals surface area contributed by atoms with Gasteiger partial charge in [0.05, 0.1) is 17.4 Å². The molecule has 3 heterocycles. The van der Waals surface area contributed by atoms with E-state index in [-0.39, 0.29) is 0 Å². The number of aromatic nitrogens is 4. The van der Waals surface area contributed by atoms with Crippen LogP contribution < -0.4 is 4.90 Å². The van der Waals surface area contributed by atoms with Crippen LogP contribution in [0.4, 0.5) is 5.69 Å². The number of hydrogen-bond acceptors (Lipinski definition) is 4. The Hall–Kier alpha value is -1.95. The Morgan fingerprint density at radius 1 is 1.30 bits per heavy atom. The molecule has 0 aromatic carbocycles. The van der Waals surface area contributed by atoms with Crippen molar-refractivity contribution in [3.63, 3.8) is 0 Å². The quantitative estimate of drug-likeness (QED) is 0.740. The summed E-state index contributed by atoms with van der Waals surface area (Å²) in [5.41, 5.74) is 4.01. The topological polar surface area (TPSA) is 46.8 Å². The third kappa shape index (κ3) is 2.51. The van der Waals surface area contributed by atoms with Crippen LogP contribution in [-0.4, -0.2) is 26.8 Å². The Balaban J connectivity index is 1.96. The molecule has 20 heavy (non-hydrogen) atoms. The molecule has 0 spiro atoms. The maximum absolute atomic E-state index is 4.48. The maximum Gasteiger partial charge on any atom is 0.112 e. The average Bonchev–Trinajstić information content (AvgIpc) is 2.83. The zero-order valence-corrected chi connectivity index (χ0v) is 12.9. The number of pyridine rings is 2. The van der Waals surface area contributed by atoms with Crippen LogP contribution in [0.1, 0.15) is 5.56 Å². The molecular weight excluding hydrogens is 318 g/mol. The van der Waals surface area contributed by atoms with Gasteiger partial charge in [0.1, 0.15) is 5.52 Å². The predicted octanol–water partition coefficient (Wildman–Crippen LogP) is 2.76. The number of halogens is 1. The molecule has 102 valence electrons.